The van der Waals surface area contributed by atoms with Gasteiger partial charge in [0.05, 0.1) is 0 Å². The third-order valence-electron chi connectivity index (χ3n) is 1.06. The maximum Gasteiger partial charge on any atom is 0.673 e. The van der Waals surface area contributed by atoms with E-state index in [0.717, 1.165) is 0 Å². The van der Waals surface area contributed by atoms with Crippen molar-refractivity contribution in [2.24, 2.45) is 0 Å². The van der Waals surface area contributed by atoms with Gasteiger partial charge in [0.2, 0.25) is 0 Å². The van der Waals surface area contributed by atoms with Gasteiger partial charge in [0, 0.05) is 28.4 Å². The normalized spacial score (nSPS) is 12.0. The van der Waals surface area contributed by atoms with Crippen LogP contribution in [-0.2, 0) is 17.7 Å². The summed E-state index contributed by atoms with van der Waals surface area (Å²) < 4.78 is 16.5. The summed E-state index contributed by atoms with van der Waals surface area (Å²) in [5.41, 5.74) is 0. The van der Waals surface area contributed by atoms with Gasteiger partial charge in [0.1, 0.15) is 0 Å². The molecular formula is C4H16O8Si2. The molecule has 0 fully saturated rings. The third kappa shape index (κ3) is 10.2. The number of hydrogen-bond acceptors (Lipinski definition) is 8. The van der Waals surface area contributed by atoms with Crippen LogP contribution in [0.2, 0.25) is 0 Å². The summed E-state index contributed by atoms with van der Waals surface area (Å²) in [5, 5.41) is 0. The van der Waals surface area contributed by atoms with Crippen LogP contribution in [0.1, 0.15) is 0 Å². The van der Waals surface area contributed by atoms with Crippen LogP contribution in [0, 0.1) is 0 Å². The van der Waals surface area contributed by atoms with Gasteiger partial charge in [-0.3, -0.25) is 0 Å². The molecule has 0 atom stereocenters. The molecule has 0 spiro atoms. The Morgan fingerprint density at radius 1 is 0.571 bits per heavy atom. The fourth-order valence-corrected chi connectivity index (χ4v) is 0.500. The molecule has 0 saturated heterocycles. The molecule has 4 N–H and O–H groups in total. The lowest BCUT2D eigenvalue weighted by molar-refractivity contribution is 0.0621. The molecule has 0 radical (unpaired) electrons. The molecule has 8 nitrogen and oxygen atoms in total. The minimum Gasteiger partial charge on any atom is -0.367 e. The second-order valence-corrected chi connectivity index (χ2v) is 5.74. The van der Waals surface area contributed by atoms with Crippen molar-refractivity contribution in [1.82, 2.24) is 0 Å². The van der Waals surface area contributed by atoms with Gasteiger partial charge >= 0.3 is 18.1 Å². The first-order valence-corrected chi connectivity index (χ1v) is 6.77. The highest BCUT2D eigenvalue weighted by Crippen LogP contribution is 1.90. The smallest absolute Gasteiger partial charge is 0.367 e. The van der Waals surface area contributed by atoms with Crippen molar-refractivity contribution in [2.45, 2.75) is 0 Å². The fourth-order valence-electron chi connectivity index (χ4n) is 0.167. The van der Waals surface area contributed by atoms with Crippen molar-refractivity contribution >= 4 is 18.1 Å². The van der Waals surface area contributed by atoms with Crippen molar-refractivity contribution in [3.05, 3.63) is 0 Å². The quantitative estimate of drug-likeness (QED) is 0.400. The molecule has 0 saturated carbocycles. The molecule has 10 heteroatoms. The Balaban J connectivity index is 0. The van der Waals surface area contributed by atoms with Crippen LogP contribution in [0.3, 0.4) is 0 Å². The SMILES string of the molecule is CO[Si](O)(O)OC.CO[Si](O)(O)OC. The summed E-state index contributed by atoms with van der Waals surface area (Å²) in [6.07, 6.45) is 0. The van der Waals surface area contributed by atoms with Gasteiger partial charge in [-0.25, -0.2) is 0 Å². The Morgan fingerprint density at radius 2 is 0.714 bits per heavy atom. The van der Waals surface area contributed by atoms with E-state index in [9.17, 15) is 0 Å². The maximum absolute atomic E-state index is 8.38. The molecule has 0 aliphatic heterocycles. The van der Waals surface area contributed by atoms with Crippen molar-refractivity contribution < 1.29 is 36.9 Å². The van der Waals surface area contributed by atoms with Crippen LogP contribution in [0.25, 0.3) is 0 Å². The largest absolute Gasteiger partial charge is 0.673 e. The minimum absolute atomic E-state index is 1.18. The summed E-state index contributed by atoms with van der Waals surface area (Å²) in [7, 11) is -2.60. The highest BCUT2D eigenvalue weighted by atomic mass is 28.4. The zero-order valence-corrected chi connectivity index (χ0v) is 10.4. The first-order chi connectivity index (χ1) is 6.24. The van der Waals surface area contributed by atoms with Crippen LogP contribution in [0.4, 0.5) is 0 Å². The van der Waals surface area contributed by atoms with Crippen molar-refractivity contribution in [1.29, 1.82) is 0 Å². The van der Waals surface area contributed by atoms with E-state index in [-0.39, 0.29) is 0 Å². The second kappa shape index (κ2) is 7.41. The maximum atomic E-state index is 8.38. The van der Waals surface area contributed by atoms with Gasteiger partial charge in [-0.2, -0.15) is 0 Å². The zero-order chi connectivity index (χ0) is 11.8. The van der Waals surface area contributed by atoms with E-state index in [1.807, 2.05) is 0 Å². The van der Waals surface area contributed by atoms with Gasteiger partial charge < -0.3 is 36.9 Å². The molecular weight excluding hydrogens is 232 g/mol. The lowest BCUT2D eigenvalue weighted by Crippen LogP contribution is -2.40. The van der Waals surface area contributed by atoms with Crippen molar-refractivity contribution in [3.8, 4) is 0 Å². The molecule has 0 heterocycles. The van der Waals surface area contributed by atoms with E-state index in [0.29, 0.717) is 0 Å². The van der Waals surface area contributed by atoms with Gasteiger partial charge in [0.25, 0.3) is 0 Å². The summed E-state index contributed by atoms with van der Waals surface area (Å²) in [4.78, 5) is 33.5. The van der Waals surface area contributed by atoms with E-state index < -0.39 is 18.1 Å². The molecule has 0 aliphatic rings. The monoisotopic (exact) mass is 248 g/mol. The highest BCUT2D eigenvalue weighted by molar-refractivity contribution is 6.50. The van der Waals surface area contributed by atoms with E-state index >= 15 is 0 Å². The van der Waals surface area contributed by atoms with Crippen LogP contribution in [0.15, 0.2) is 0 Å². The van der Waals surface area contributed by atoms with Crippen LogP contribution in [0.5, 0.6) is 0 Å². The predicted octanol–water partition coefficient (Wildman–Crippen LogP) is -2.60. The van der Waals surface area contributed by atoms with E-state index in [2.05, 4.69) is 17.7 Å². The summed E-state index contributed by atoms with van der Waals surface area (Å²) in [6.45, 7) is 0. The average molecular weight is 248 g/mol. The van der Waals surface area contributed by atoms with Gasteiger partial charge in [-0.1, -0.05) is 0 Å². The average Bonchev–Trinajstić information content (AvgIpc) is 2.19. The molecule has 0 amide bonds. The van der Waals surface area contributed by atoms with Crippen LogP contribution >= 0.6 is 0 Å². The molecule has 14 heavy (non-hydrogen) atoms. The Kier molecular flexibility index (Phi) is 8.76. The molecule has 0 bridgehead atoms. The minimum atomic E-state index is -3.65. The number of hydrogen-bond donors (Lipinski definition) is 4. The predicted molar refractivity (Wildman–Crippen MR) is 48.4 cm³/mol. The summed E-state index contributed by atoms with van der Waals surface area (Å²) >= 11 is 0. The van der Waals surface area contributed by atoms with Gasteiger partial charge in [0.15, 0.2) is 0 Å². The van der Waals surface area contributed by atoms with Crippen LogP contribution < -0.4 is 0 Å². The molecule has 88 valence electrons. The Morgan fingerprint density at radius 3 is 0.714 bits per heavy atom. The molecule has 0 aromatic rings. The number of rotatable bonds is 4. The van der Waals surface area contributed by atoms with E-state index in [4.69, 9.17) is 19.2 Å². The van der Waals surface area contributed by atoms with E-state index in [1.54, 1.807) is 0 Å². The second-order valence-electron chi connectivity index (χ2n) is 1.91. The zero-order valence-electron chi connectivity index (χ0n) is 8.42. The molecule has 0 aromatic carbocycles. The van der Waals surface area contributed by atoms with Crippen molar-refractivity contribution in [3.63, 3.8) is 0 Å². The van der Waals surface area contributed by atoms with Gasteiger partial charge in [-0.05, 0) is 0 Å². The Labute approximate surface area is 84.2 Å². The van der Waals surface area contributed by atoms with Crippen molar-refractivity contribution in [2.75, 3.05) is 28.4 Å². The molecule has 0 aliphatic carbocycles. The first kappa shape index (κ1) is 16.5. The fraction of sp³-hybridized carbons (Fsp3) is 1.00. The molecule has 0 aromatic heterocycles. The lowest BCUT2D eigenvalue weighted by Gasteiger charge is -2.08. The third-order valence-corrected chi connectivity index (χ3v) is 3.19. The molecule has 0 rings (SSSR count). The van der Waals surface area contributed by atoms with E-state index in [1.165, 1.54) is 28.4 Å². The van der Waals surface area contributed by atoms with Crippen LogP contribution in [-0.4, -0.2) is 65.7 Å². The highest BCUT2D eigenvalue weighted by Gasteiger charge is 2.32. The standard InChI is InChI=1S/2C2H8O4Si/c2*1-5-7(3,4)6-2/h2*3-4H,1-2H3. The Hall–Kier alpha value is 0.114. The summed E-state index contributed by atoms with van der Waals surface area (Å²) in [5.74, 6) is 0. The van der Waals surface area contributed by atoms with Gasteiger partial charge in [-0.15, -0.1) is 0 Å². The first-order valence-electron chi connectivity index (χ1n) is 3.34. The molecule has 0 unspecified atom stereocenters. The topological polar surface area (TPSA) is 118 Å². The summed E-state index contributed by atoms with van der Waals surface area (Å²) in [6, 6.07) is 0. The lowest BCUT2D eigenvalue weighted by atomic mass is 11.8. The Bertz CT molecular complexity index is 111.